The van der Waals surface area contributed by atoms with Crippen molar-refractivity contribution in [3.8, 4) is 0 Å². The second-order valence-corrected chi connectivity index (χ2v) is 8.33. The maximum absolute atomic E-state index is 12.5. The van der Waals surface area contributed by atoms with Gasteiger partial charge in [-0.3, -0.25) is 14.3 Å². The van der Waals surface area contributed by atoms with Crippen LogP contribution in [0.15, 0.2) is 53.4 Å². The molecule has 2 aromatic carbocycles. The monoisotopic (exact) mass is 386 g/mol. The number of ketones is 1. The largest absolute Gasteiger partial charge is 0.342 e. The van der Waals surface area contributed by atoms with E-state index >= 15 is 0 Å². The number of hydrogen-bond acceptors (Lipinski definition) is 4. The lowest BCUT2D eigenvalue weighted by Crippen LogP contribution is -2.29. The fourth-order valence-corrected chi connectivity index (χ4v) is 4.09. The molecule has 0 aromatic heterocycles. The van der Waals surface area contributed by atoms with E-state index in [1.165, 1.54) is 31.2 Å². The lowest BCUT2D eigenvalue weighted by atomic mass is 10.1. The number of Topliss-reactive ketones (excluding diaryl/α,β-unsaturated/α-hetero) is 1. The Hall–Kier alpha value is -2.67. The van der Waals surface area contributed by atoms with Crippen LogP contribution in [0.1, 0.15) is 35.7 Å². The third-order valence-corrected chi connectivity index (χ3v) is 5.99. The number of amides is 1. The van der Waals surface area contributed by atoms with Gasteiger partial charge in [0.05, 0.1) is 11.3 Å². The van der Waals surface area contributed by atoms with Crippen molar-refractivity contribution in [1.29, 1.82) is 0 Å². The molecule has 3 rings (SSSR count). The van der Waals surface area contributed by atoms with Crippen molar-refractivity contribution < 1.29 is 18.0 Å². The smallest absolute Gasteiger partial charge is 0.261 e. The average Bonchev–Trinajstić information content (AvgIpc) is 3.18. The third-order valence-electron chi connectivity index (χ3n) is 4.59. The third kappa shape index (κ3) is 4.74. The molecular formula is C20H22N2O4S. The summed E-state index contributed by atoms with van der Waals surface area (Å²) in [6.45, 7) is 3.07. The molecule has 0 aliphatic carbocycles. The summed E-state index contributed by atoms with van der Waals surface area (Å²) in [7, 11) is -3.74. The van der Waals surface area contributed by atoms with Gasteiger partial charge in [0.2, 0.25) is 5.91 Å². The van der Waals surface area contributed by atoms with E-state index in [1.54, 1.807) is 24.3 Å². The van der Waals surface area contributed by atoms with E-state index < -0.39 is 10.0 Å². The quantitative estimate of drug-likeness (QED) is 0.774. The Kier molecular flexibility index (Phi) is 5.60. The standard InChI is InChI=1S/C20H22N2O4S/c1-15(23)17-6-10-19(11-7-17)27(25,26)21-18-8-4-16(5-9-18)14-20(24)22-12-2-3-13-22/h4-11,21H,2-3,12-14H2,1H3. The number of sulfonamides is 1. The van der Waals surface area contributed by atoms with Gasteiger partial charge in [-0.1, -0.05) is 24.3 Å². The normalized spacial score (nSPS) is 14.2. The van der Waals surface area contributed by atoms with E-state index in [0.29, 0.717) is 17.7 Å². The number of carbonyl (C=O) groups excluding carboxylic acids is 2. The fourth-order valence-electron chi connectivity index (χ4n) is 3.03. The fraction of sp³-hybridized carbons (Fsp3) is 0.300. The molecule has 142 valence electrons. The second-order valence-electron chi connectivity index (χ2n) is 6.65. The Morgan fingerprint density at radius 3 is 2.11 bits per heavy atom. The highest BCUT2D eigenvalue weighted by Gasteiger charge is 2.18. The van der Waals surface area contributed by atoms with Gasteiger partial charge in [0.1, 0.15) is 0 Å². The zero-order valence-electron chi connectivity index (χ0n) is 15.1. The van der Waals surface area contributed by atoms with Gasteiger partial charge >= 0.3 is 0 Å². The molecule has 1 aliphatic rings. The first-order valence-electron chi connectivity index (χ1n) is 8.86. The number of likely N-dealkylation sites (tertiary alicyclic amines) is 1. The molecule has 0 spiro atoms. The number of carbonyl (C=O) groups is 2. The predicted molar refractivity (Wildman–Crippen MR) is 103 cm³/mol. The lowest BCUT2D eigenvalue weighted by molar-refractivity contribution is -0.129. The minimum Gasteiger partial charge on any atom is -0.342 e. The van der Waals surface area contributed by atoms with Crippen LogP contribution in [0, 0.1) is 0 Å². The summed E-state index contributed by atoms with van der Waals surface area (Å²) >= 11 is 0. The molecule has 1 heterocycles. The van der Waals surface area contributed by atoms with Crippen LogP contribution in [0.4, 0.5) is 5.69 Å². The highest BCUT2D eigenvalue weighted by atomic mass is 32.2. The van der Waals surface area contributed by atoms with Crippen molar-refractivity contribution in [2.24, 2.45) is 0 Å². The minimum atomic E-state index is -3.74. The summed E-state index contributed by atoms with van der Waals surface area (Å²) in [5.74, 6) is -0.0163. The van der Waals surface area contributed by atoms with Crippen molar-refractivity contribution in [1.82, 2.24) is 4.90 Å². The van der Waals surface area contributed by atoms with E-state index in [2.05, 4.69) is 4.72 Å². The van der Waals surface area contributed by atoms with Crippen molar-refractivity contribution in [3.05, 3.63) is 59.7 Å². The zero-order valence-corrected chi connectivity index (χ0v) is 16.0. The van der Waals surface area contributed by atoms with Crippen molar-refractivity contribution in [3.63, 3.8) is 0 Å². The lowest BCUT2D eigenvalue weighted by Gasteiger charge is -2.15. The van der Waals surface area contributed by atoms with Crippen LogP contribution in [-0.4, -0.2) is 38.1 Å². The van der Waals surface area contributed by atoms with E-state index in [0.717, 1.165) is 31.5 Å². The maximum Gasteiger partial charge on any atom is 0.261 e. The Labute approximate surface area is 159 Å². The van der Waals surface area contributed by atoms with Crippen LogP contribution in [0.25, 0.3) is 0 Å². The van der Waals surface area contributed by atoms with Gasteiger partial charge in [-0.15, -0.1) is 0 Å². The number of hydrogen-bond donors (Lipinski definition) is 1. The first kappa shape index (κ1) is 19.1. The molecule has 7 heteroatoms. The van der Waals surface area contributed by atoms with Gasteiger partial charge in [-0.05, 0) is 49.6 Å². The summed E-state index contributed by atoms with van der Waals surface area (Å²) in [5, 5.41) is 0. The molecule has 0 bridgehead atoms. The van der Waals surface area contributed by atoms with Gasteiger partial charge in [-0.25, -0.2) is 8.42 Å². The molecular weight excluding hydrogens is 364 g/mol. The summed E-state index contributed by atoms with van der Waals surface area (Å²) in [5.41, 5.74) is 1.73. The van der Waals surface area contributed by atoms with Gasteiger partial charge in [0, 0.05) is 24.3 Å². The van der Waals surface area contributed by atoms with Gasteiger partial charge < -0.3 is 4.90 Å². The van der Waals surface area contributed by atoms with E-state index in [4.69, 9.17) is 0 Å². The van der Waals surface area contributed by atoms with Crippen LogP contribution >= 0.6 is 0 Å². The number of benzene rings is 2. The number of rotatable bonds is 6. The van der Waals surface area contributed by atoms with E-state index in [-0.39, 0.29) is 16.6 Å². The highest BCUT2D eigenvalue weighted by Crippen LogP contribution is 2.18. The molecule has 0 radical (unpaired) electrons. The zero-order chi connectivity index (χ0) is 19.4. The van der Waals surface area contributed by atoms with Crippen LogP contribution in [0.2, 0.25) is 0 Å². The van der Waals surface area contributed by atoms with E-state index in [9.17, 15) is 18.0 Å². The Morgan fingerprint density at radius 1 is 0.963 bits per heavy atom. The van der Waals surface area contributed by atoms with Crippen LogP contribution in [-0.2, 0) is 21.2 Å². The molecule has 1 fully saturated rings. The number of nitrogens with zero attached hydrogens (tertiary/aromatic N) is 1. The van der Waals surface area contributed by atoms with Crippen LogP contribution in [0.5, 0.6) is 0 Å². The first-order chi connectivity index (χ1) is 12.8. The summed E-state index contributed by atoms with van der Waals surface area (Å²) in [6.07, 6.45) is 2.43. The van der Waals surface area contributed by atoms with Crippen molar-refractivity contribution >= 4 is 27.4 Å². The summed E-state index contributed by atoms with van der Waals surface area (Å²) in [4.78, 5) is 25.4. The van der Waals surface area contributed by atoms with E-state index in [1.807, 2.05) is 4.90 Å². The second kappa shape index (κ2) is 7.92. The molecule has 6 nitrogen and oxygen atoms in total. The highest BCUT2D eigenvalue weighted by molar-refractivity contribution is 7.92. The molecule has 1 N–H and O–H groups in total. The van der Waals surface area contributed by atoms with Crippen molar-refractivity contribution in [2.45, 2.75) is 31.1 Å². The van der Waals surface area contributed by atoms with Crippen LogP contribution < -0.4 is 4.72 Å². The molecule has 0 atom stereocenters. The number of nitrogens with one attached hydrogen (secondary N) is 1. The molecule has 1 amide bonds. The summed E-state index contributed by atoms with van der Waals surface area (Å²) in [6, 6.07) is 12.6. The van der Waals surface area contributed by atoms with Gasteiger partial charge in [0.15, 0.2) is 5.78 Å². The predicted octanol–water partition coefficient (Wildman–Crippen LogP) is 2.85. The van der Waals surface area contributed by atoms with Crippen molar-refractivity contribution in [2.75, 3.05) is 17.8 Å². The SMILES string of the molecule is CC(=O)c1ccc(S(=O)(=O)Nc2ccc(CC(=O)N3CCCC3)cc2)cc1. The Morgan fingerprint density at radius 2 is 1.56 bits per heavy atom. The number of anilines is 1. The van der Waals surface area contributed by atoms with Gasteiger partial charge in [-0.2, -0.15) is 0 Å². The Balaban J connectivity index is 1.66. The topological polar surface area (TPSA) is 83.5 Å². The van der Waals surface area contributed by atoms with Gasteiger partial charge in [0.25, 0.3) is 10.0 Å². The molecule has 0 saturated carbocycles. The molecule has 2 aromatic rings. The maximum atomic E-state index is 12.5. The first-order valence-corrected chi connectivity index (χ1v) is 10.3. The minimum absolute atomic E-state index is 0.0841. The molecule has 27 heavy (non-hydrogen) atoms. The summed E-state index contributed by atoms with van der Waals surface area (Å²) < 4.78 is 27.4. The molecule has 0 unspecified atom stereocenters. The molecule has 1 aliphatic heterocycles. The van der Waals surface area contributed by atoms with Crippen LogP contribution in [0.3, 0.4) is 0 Å². The average molecular weight is 386 g/mol. The Bertz CT molecular complexity index is 929. The molecule has 1 saturated heterocycles.